The molecule has 6 nitrogen and oxygen atoms in total. The lowest BCUT2D eigenvalue weighted by atomic mass is 9.92. The van der Waals surface area contributed by atoms with Gasteiger partial charge in [0, 0.05) is 18.9 Å². The van der Waals surface area contributed by atoms with Crippen molar-refractivity contribution in [2.75, 3.05) is 0 Å². The van der Waals surface area contributed by atoms with Crippen LogP contribution in [0, 0.1) is 16.7 Å². The number of aromatic nitrogens is 2. The van der Waals surface area contributed by atoms with Crippen molar-refractivity contribution in [3.05, 3.63) is 18.2 Å². The maximum absolute atomic E-state index is 11.4. The number of nitriles is 1. The first-order valence-electron chi connectivity index (χ1n) is 4.43. The Kier molecular flexibility index (Phi) is 3.07. The van der Waals surface area contributed by atoms with Crippen LogP contribution in [0.25, 0.3) is 0 Å². The Morgan fingerprint density at radius 2 is 2.47 bits per heavy atom. The van der Waals surface area contributed by atoms with Gasteiger partial charge < -0.3 is 4.57 Å². The summed E-state index contributed by atoms with van der Waals surface area (Å²) in [7, 11) is 0. The molecule has 0 atom stereocenters. The highest BCUT2D eigenvalue weighted by atomic mass is 16.2. The Morgan fingerprint density at radius 3 is 3.00 bits per heavy atom. The fraction of sp³-hybridized carbons (Fsp3) is 0.444. The second-order valence-electron chi connectivity index (χ2n) is 3.85. The Labute approximate surface area is 87.7 Å². The van der Waals surface area contributed by atoms with Gasteiger partial charge in [0.25, 0.3) is 0 Å². The number of nitrogens with zero attached hydrogens (tertiary/aromatic N) is 3. The van der Waals surface area contributed by atoms with Gasteiger partial charge in [0.1, 0.15) is 6.07 Å². The first kappa shape index (κ1) is 11.2. The van der Waals surface area contributed by atoms with Crippen molar-refractivity contribution in [3.63, 3.8) is 0 Å². The summed E-state index contributed by atoms with van der Waals surface area (Å²) < 4.78 is 1.62. The SMILES string of the molecule is CC(C)(Cn1ccnc1C#N)C(=O)NN. The molecule has 0 aliphatic rings. The van der Waals surface area contributed by atoms with E-state index in [1.807, 2.05) is 6.07 Å². The van der Waals surface area contributed by atoms with E-state index in [9.17, 15) is 4.79 Å². The van der Waals surface area contributed by atoms with Gasteiger partial charge in [-0.1, -0.05) is 0 Å². The van der Waals surface area contributed by atoms with Crippen LogP contribution in [0.2, 0.25) is 0 Å². The summed E-state index contributed by atoms with van der Waals surface area (Å²) in [5.74, 6) is 5.08. The van der Waals surface area contributed by atoms with Crippen LogP contribution in [-0.4, -0.2) is 15.5 Å². The molecule has 6 heteroatoms. The van der Waals surface area contributed by atoms with Gasteiger partial charge in [-0.25, -0.2) is 10.8 Å². The van der Waals surface area contributed by atoms with E-state index in [1.165, 1.54) is 6.20 Å². The minimum atomic E-state index is -0.680. The van der Waals surface area contributed by atoms with Crippen LogP contribution < -0.4 is 11.3 Å². The Morgan fingerprint density at radius 1 is 1.80 bits per heavy atom. The number of rotatable bonds is 3. The molecule has 1 aromatic rings. The predicted molar refractivity (Wildman–Crippen MR) is 53.1 cm³/mol. The van der Waals surface area contributed by atoms with E-state index in [0.717, 1.165) is 0 Å². The zero-order valence-electron chi connectivity index (χ0n) is 8.69. The number of hydrogen-bond acceptors (Lipinski definition) is 4. The molecule has 0 aliphatic heterocycles. The van der Waals surface area contributed by atoms with E-state index in [2.05, 4.69) is 10.4 Å². The Balaban J connectivity index is 2.87. The summed E-state index contributed by atoms with van der Waals surface area (Å²) in [6.07, 6.45) is 3.18. The summed E-state index contributed by atoms with van der Waals surface area (Å²) in [5.41, 5.74) is 1.42. The fourth-order valence-electron chi connectivity index (χ4n) is 1.24. The molecule has 0 unspecified atom stereocenters. The molecule has 1 aromatic heterocycles. The van der Waals surface area contributed by atoms with Gasteiger partial charge in [-0.15, -0.1) is 0 Å². The summed E-state index contributed by atoms with van der Waals surface area (Å²) in [6, 6.07) is 1.94. The molecule has 0 bridgehead atoms. The molecule has 3 N–H and O–H groups in total. The third-order valence-electron chi connectivity index (χ3n) is 2.13. The number of hydrogen-bond donors (Lipinski definition) is 2. The maximum Gasteiger partial charge on any atom is 0.241 e. The van der Waals surface area contributed by atoms with E-state index in [-0.39, 0.29) is 11.7 Å². The largest absolute Gasteiger partial charge is 0.322 e. The van der Waals surface area contributed by atoms with Gasteiger partial charge in [-0.3, -0.25) is 10.2 Å². The normalized spacial score (nSPS) is 10.8. The van der Waals surface area contributed by atoms with Crippen LogP contribution in [-0.2, 0) is 11.3 Å². The topological polar surface area (TPSA) is 96.7 Å². The third kappa shape index (κ3) is 2.33. The molecule has 80 valence electrons. The zero-order valence-corrected chi connectivity index (χ0v) is 8.69. The maximum atomic E-state index is 11.4. The van der Waals surface area contributed by atoms with E-state index in [1.54, 1.807) is 24.6 Å². The minimum absolute atomic E-state index is 0.278. The van der Waals surface area contributed by atoms with Gasteiger partial charge in [-0.2, -0.15) is 5.26 Å². The van der Waals surface area contributed by atoms with Crippen molar-refractivity contribution >= 4 is 5.91 Å². The third-order valence-corrected chi connectivity index (χ3v) is 2.13. The highest BCUT2D eigenvalue weighted by Gasteiger charge is 2.28. The quantitative estimate of drug-likeness (QED) is 0.406. The lowest BCUT2D eigenvalue weighted by Crippen LogP contribution is -2.43. The number of amides is 1. The summed E-state index contributed by atoms with van der Waals surface area (Å²) in [4.78, 5) is 15.2. The summed E-state index contributed by atoms with van der Waals surface area (Å²) >= 11 is 0. The summed E-state index contributed by atoms with van der Waals surface area (Å²) in [5, 5.41) is 8.74. The highest BCUT2D eigenvalue weighted by Crippen LogP contribution is 2.18. The molecule has 0 spiro atoms. The van der Waals surface area contributed by atoms with Gasteiger partial charge in [0.15, 0.2) is 0 Å². The van der Waals surface area contributed by atoms with Crippen molar-refractivity contribution in [1.29, 1.82) is 5.26 Å². The van der Waals surface area contributed by atoms with Crippen molar-refractivity contribution in [2.24, 2.45) is 11.3 Å². The molecule has 0 radical (unpaired) electrons. The van der Waals surface area contributed by atoms with E-state index in [0.29, 0.717) is 6.54 Å². The fourth-order valence-corrected chi connectivity index (χ4v) is 1.24. The number of hydrazine groups is 1. The number of nitrogens with one attached hydrogen (secondary N) is 1. The minimum Gasteiger partial charge on any atom is -0.322 e. The van der Waals surface area contributed by atoms with Crippen molar-refractivity contribution < 1.29 is 4.79 Å². The Hall–Kier alpha value is -1.87. The molecule has 0 aliphatic carbocycles. The van der Waals surface area contributed by atoms with Crippen molar-refractivity contribution in [2.45, 2.75) is 20.4 Å². The Bertz CT molecular complexity index is 401. The van der Waals surface area contributed by atoms with E-state index >= 15 is 0 Å². The summed E-state index contributed by atoms with van der Waals surface area (Å²) in [6.45, 7) is 3.85. The molecule has 15 heavy (non-hydrogen) atoms. The highest BCUT2D eigenvalue weighted by molar-refractivity contribution is 5.81. The molecular formula is C9H13N5O. The van der Waals surface area contributed by atoms with Crippen LogP contribution in [0.4, 0.5) is 0 Å². The molecule has 0 fully saturated rings. The lowest BCUT2D eigenvalue weighted by molar-refractivity contribution is -0.130. The molecular weight excluding hydrogens is 194 g/mol. The van der Waals surface area contributed by atoms with Gasteiger partial charge in [0.2, 0.25) is 11.7 Å². The second-order valence-corrected chi connectivity index (χ2v) is 3.85. The molecule has 0 aromatic carbocycles. The number of nitrogens with two attached hydrogens (primary N) is 1. The average Bonchev–Trinajstić information content (AvgIpc) is 2.63. The van der Waals surface area contributed by atoms with E-state index in [4.69, 9.17) is 11.1 Å². The van der Waals surface area contributed by atoms with Gasteiger partial charge in [0.05, 0.1) is 5.41 Å². The number of carbonyl (C=O) groups is 1. The molecule has 0 saturated carbocycles. The standard InChI is InChI=1S/C9H13N5O/c1-9(2,8(15)13-11)6-14-4-3-12-7(14)5-10/h3-4H,6,11H2,1-2H3,(H,13,15). The number of carbonyl (C=O) groups excluding carboxylic acids is 1. The van der Waals surface area contributed by atoms with Crippen LogP contribution in [0.1, 0.15) is 19.7 Å². The first-order chi connectivity index (χ1) is 7.01. The average molecular weight is 207 g/mol. The first-order valence-corrected chi connectivity index (χ1v) is 4.43. The smallest absolute Gasteiger partial charge is 0.241 e. The van der Waals surface area contributed by atoms with Crippen LogP contribution in [0.5, 0.6) is 0 Å². The lowest BCUT2D eigenvalue weighted by Gasteiger charge is -2.22. The van der Waals surface area contributed by atoms with Crippen molar-refractivity contribution in [1.82, 2.24) is 15.0 Å². The molecule has 1 heterocycles. The zero-order chi connectivity index (χ0) is 11.5. The second kappa shape index (κ2) is 4.11. The van der Waals surface area contributed by atoms with E-state index < -0.39 is 5.41 Å². The van der Waals surface area contributed by atoms with Gasteiger partial charge in [-0.05, 0) is 13.8 Å². The number of imidazole rings is 1. The monoisotopic (exact) mass is 207 g/mol. The van der Waals surface area contributed by atoms with Crippen LogP contribution in [0.15, 0.2) is 12.4 Å². The molecule has 0 saturated heterocycles. The molecule has 1 amide bonds. The predicted octanol–water partition coefficient (Wildman–Crippen LogP) is -0.229. The molecule has 1 rings (SSSR count). The van der Waals surface area contributed by atoms with Crippen LogP contribution in [0.3, 0.4) is 0 Å². The van der Waals surface area contributed by atoms with Crippen LogP contribution >= 0.6 is 0 Å². The van der Waals surface area contributed by atoms with Crippen molar-refractivity contribution in [3.8, 4) is 6.07 Å². The van der Waals surface area contributed by atoms with Gasteiger partial charge >= 0.3 is 0 Å².